The Morgan fingerprint density at radius 2 is 2.14 bits per heavy atom. The van der Waals surface area contributed by atoms with Gasteiger partial charge in [0, 0.05) is 56.3 Å². The third-order valence-electron chi connectivity index (χ3n) is 4.73. The highest BCUT2D eigenvalue weighted by molar-refractivity contribution is 6.44. The number of H-pyrrole nitrogens is 1. The second kappa shape index (κ2) is 7.10. The summed E-state index contributed by atoms with van der Waals surface area (Å²) >= 11 is 12.7. The summed E-state index contributed by atoms with van der Waals surface area (Å²) in [5, 5.41) is 5.76. The predicted octanol–water partition coefficient (Wildman–Crippen LogP) is 2.72. The molecule has 0 spiro atoms. The summed E-state index contributed by atoms with van der Waals surface area (Å²) in [5.41, 5.74) is 3.86. The van der Waals surface area contributed by atoms with Gasteiger partial charge in [-0.1, -0.05) is 23.2 Å². The van der Waals surface area contributed by atoms with Crippen molar-refractivity contribution in [3.05, 3.63) is 33.7 Å². The van der Waals surface area contributed by atoms with Crippen LogP contribution in [0.4, 0.5) is 0 Å². The van der Waals surface area contributed by atoms with Gasteiger partial charge in [-0.25, -0.2) is 4.98 Å². The van der Waals surface area contributed by atoms with Crippen LogP contribution in [0.25, 0.3) is 22.3 Å². The summed E-state index contributed by atoms with van der Waals surface area (Å²) in [6.07, 6.45) is 2.44. The number of halogens is 2. The van der Waals surface area contributed by atoms with E-state index in [1.54, 1.807) is 9.58 Å². The average molecular weight is 422 g/mol. The number of amides is 1. The molecule has 0 saturated heterocycles. The van der Waals surface area contributed by atoms with E-state index in [0.717, 1.165) is 16.6 Å². The topological polar surface area (TPSA) is 93.1 Å². The number of aryl methyl sites for hydroxylation is 1. The van der Waals surface area contributed by atoms with E-state index in [4.69, 9.17) is 27.9 Å². The summed E-state index contributed by atoms with van der Waals surface area (Å²) in [4.78, 5) is 32.9. The van der Waals surface area contributed by atoms with Crippen molar-refractivity contribution >= 4 is 46.0 Å². The summed E-state index contributed by atoms with van der Waals surface area (Å²) < 4.78 is 6.52. The zero-order chi connectivity index (χ0) is 20.0. The summed E-state index contributed by atoms with van der Waals surface area (Å²) in [6, 6.07) is 1.85. The molecule has 0 fully saturated rings. The molecule has 0 radical (unpaired) electrons. The summed E-state index contributed by atoms with van der Waals surface area (Å²) in [6.45, 7) is 1.87. The van der Waals surface area contributed by atoms with Gasteiger partial charge in [-0.3, -0.25) is 14.3 Å². The lowest BCUT2D eigenvalue weighted by atomic mass is 10.0. The minimum Gasteiger partial charge on any atom is -0.456 e. The smallest absolute Gasteiger partial charge is 0.303 e. The van der Waals surface area contributed by atoms with Crippen LogP contribution in [-0.2, 0) is 34.3 Å². The van der Waals surface area contributed by atoms with Crippen molar-refractivity contribution in [2.24, 2.45) is 7.05 Å². The molecule has 0 atom stereocenters. The van der Waals surface area contributed by atoms with Crippen LogP contribution in [0.1, 0.15) is 18.2 Å². The van der Waals surface area contributed by atoms with Gasteiger partial charge in [0.1, 0.15) is 16.4 Å². The largest absolute Gasteiger partial charge is 0.456 e. The predicted molar refractivity (Wildman–Crippen MR) is 104 cm³/mol. The van der Waals surface area contributed by atoms with Crippen LogP contribution < -0.4 is 0 Å². The van der Waals surface area contributed by atoms with Crippen LogP contribution in [0.3, 0.4) is 0 Å². The lowest BCUT2D eigenvalue weighted by molar-refractivity contribution is -0.150. The Morgan fingerprint density at radius 1 is 1.36 bits per heavy atom. The van der Waals surface area contributed by atoms with Gasteiger partial charge in [0.25, 0.3) is 5.91 Å². The molecule has 0 bridgehead atoms. The third-order valence-corrected chi connectivity index (χ3v) is 5.47. The number of esters is 1. The Balaban J connectivity index is 1.80. The van der Waals surface area contributed by atoms with E-state index in [0.29, 0.717) is 41.4 Å². The van der Waals surface area contributed by atoms with E-state index in [1.807, 2.05) is 19.3 Å². The number of rotatable bonds is 3. The van der Waals surface area contributed by atoms with Crippen LogP contribution in [0.15, 0.2) is 12.3 Å². The normalized spacial score (nSPS) is 13.6. The fourth-order valence-corrected chi connectivity index (χ4v) is 3.78. The van der Waals surface area contributed by atoms with Crippen LogP contribution in [0, 0.1) is 0 Å². The summed E-state index contributed by atoms with van der Waals surface area (Å²) in [5.74, 6) is -0.733. The molecule has 4 heterocycles. The molecule has 1 N–H and O–H groups in total. The fraction of sp³-hybridized carbons (Fsp3) is 0.333. The first-order chi connectivity index (χ1) is 13.3. The number of pyridine rings is 1. The molecule has 146 valence electrons. The lowest BCUT2D eigenvalue weighted by Gasteiger charge is -2.27. The van der Waals surface area contributed by atoms with Crippen LogP contribution in [0.2, 0.25) is 10.2 Å². The van der Waals surface area contributed by atoms with Crippen LogP contribution in [0.5, 0.6) is 0 Å². The second-order valence-corrected chi connectivity index (χ2v) is 7.35. The highest BCUT2D eigenvalue weighted by atomic mass is 35.5. The van der Waals surface area contributed by atoms with E-state index >= 15 is 0 Å². The van der Waals surface area contributed by atoms with E-state index in [2.05, 4.69) is 15.1 Å². The molecule has 0 saturated carbocycles. The van der Waals surface area contributed by atoms with E-state index in [1.165, 1.54) is 6.92 Å². The molecule has 3 aromatic rings. The highest BCUT2D eigenvalue weighted by Gasteiger charge is 2.28. The Hall–Kier alpha value is -2.58. The first kappa shape index (κ1) is 18.8. The SMILES string of the molecule is CC(=O)OCC(=O)N1CCc2[nH]c3c(Cl)c(Cl)nc(-c4ccn(C)n4)c3c2C1. The Labute approximate surface area is 170 Å². The molecule has 4 rings (SSSR count). The average Bonchev–Trinajstić information content (AvgIpc) is 3.26. The van der Waals surface area contributed by atoms with Crippen LogP contribution >= 0.6 is 23.2 Å². The van der Waals surface area contributed by atoms with Gasteiger partial charge in [-0.2, -0.15) is 5.10 Å². The Bertz CT molecular complexity index is 1100. The number of nitrogens with one attached hydrogen (secondary N) is 1. The fourth-order valence-electron chi connectivity index (χ4n) is 3.42. The number of aromatic nitrogens is 4. The maximum atomic E-state index is 12.4. The maximum absolute atomic E-state index is 12.4. The maximum Gasteiger partial charge on any atom is 0.303 e. The van der Waals surface area contributed by atoms with Gasteiger partial charge in [-0.05, 0) is 6.07 Å². The number of fused-ring (bicyclic) bond motifs is 3. The number of hydrogen-bond donors (Lipinski definition) is 1. The van der Waals surface area contributed by atoms with Crippen molar-refractivity contribution in [1.29, 1.82) is 0 Å². The first-order valence-corrected chi connectivity index (χ1v) is 9.40. The number of aromatic amines is 1. The van der Waals surface area contributed by atoms with Gasteiger partial charge < -0.3 is 14.6 Å². The van der Waals surface area contributed by atoms with Crippen LogP contribution in [-0.4, -0.2) is 49.7 Å². The monoisotopic (exact) mass is 421 g/mol. The molecule has 1 aliphatic heterocycles. The molecule has 0 aromatic carbocycles. The Kier molecular flexibility index (Phi) is 4.76. The van der Waals surface area contributed by atoms with Gasteiger partial charge in [0.05, 0.1) is 5.52 Å². The van der Waals surface area contributed by atoms with Gasteiger partial charge in [0.15, 0.2) is 11.8 Å². The molecule has 10 heteroatoms. The van der Waals surface area contributed by atoms with Crippen molar-refractivity contribution in [3.8, 4) is 11.4 Å². The quantitative estimate of drug-likeness (QED) is 0.518. The molecule has 3 aromatic heterocycles. The van der Waals surface area contributed by atoms with Gasteiger partial charge >= 0.3 is 5.97 Å². The zero-order valence-corrected chi connectivity index (χ0v) is 16.8. The third kappa shape index (κ3) is 3.22. The van der Waals surface area contributed by atoms with Crippen molar-refractivity contribution in [2.75, 3.05) is 13.2 Å². The number of hydrogen-bond acceptors (Lipinski definition) is 5. The number of nitrogens with zero attached hydrogens (tertiary/aromatic N) is 4. The first-order valence-electron chi connectivity index (χ1n) is 8.64. The van der Waals surface area contributed by atoms with E-state index in [9.17, 15) is 9.59 Å². The zero-order valence-electron chi connectivity index (χ0n) is 15.3. The minimum absolute atomic E-state index is 0.191. The standard InChI is InChI=1S/C18H17Cl2N5O3/c1-9(26)28-8-13(27)25-6-4-11-10(7-25)14-16(12-3-5-24(2)23-12)22-18(20)15(19)17(14)21-11/h3,5,21H,4,6-8H2,1-2H3. The van der Waals surface area contributed by atoms with Crippen molar-refractivity contribution in [1.82, 2.24) is 24.6 Å². The van der Waals surface area contributed by atoms with Crippen molar-refractivity contribution < 1.29 is 14.3 Å². The second-order valence-electron chi connectivity index (χ2n) is 6.62. The molecule has 28 heavy (non-hydrogen) atoms. The number of carbonyl (C=O) groups excluding carboxylic acids is 2. The lowest BCUT2D eigenvalue weighted by Crippen LogP contribution is -2.38. The van der Waals surface area contributed by atoms with Gasteiger partial charge in [0.2, 0.25) is 0 Å². The molecule has 0 aliphatic carbocycles. The van der Waals surface area contributed by atoms with E-state index in [-0.39, 0.29) is 17.7 Å². The van der Waals surface area contributed by atoms with Crippen molar-refractivity contribution in [2.45, 2.75) is 19.9 Å². The summed E-state index contributed by atoms with van der Waals surface area (Å²) in [7, 11) is 1.82. The van der Waals surface area contributed by atoms with E-state index < -0.39 is 5.97 Å². The number of ether oxygens (including phenoxy) is 1. The highest BCUT2D eigenvalue weighted by Crippen LogP contribution is 2.39. The molecule has 1 amide bonds. The molecular weight excluding hydrogens is 405 g/mol. The Morgan fingerprint density at radius 3 is 2.82 bits per heavy atom. The minimum atomic E-state index is -0.485. The molecule has 8 nitrogen and oxygen atoms in total. The molecule has 0 unspecified atom stereocenters. The van der Waals surface area contributed by atoms with Gasteiger partial charge in [-0.15, -0.1) is 0 Å². The van der Waals surface area contributed by atoms with Crippen molar-refractivity contribution in [3.63, 3.8) is 0 Å². The molecule has 1 aliphatic rings. The molecular formula is C18H17Cl2N5O3. The number of carbonyl (C=O) groups is 2.